The molecule has 9 aromatic carbocycles. The second-order valence-electron chi connectivity index (χ2n) is 17.4. The molecule has 0 unspecified atom stereocenters. The Hall–Kier alpha value is -8.94. The summed E-state index contributed by atoms with van der Waals surface area (Å²) in [5.41, 5.74) is 17.3. The third-order valence-electron chi connectivity index (χ3n) is 12.9. The van der Waals surface area contributed by atoms with Crippen molar-refractivity contribution >= 4 is 0 Å². The molecular formula is C65H40F2IrN5. The fourth-order valence-corrected chi connectivity index (χ4v) is 9.33. The van der Waals surface area contributed by atoms with Crippen molar-refractivity contribution in [3.8, 4) is 112 Å². The van der Waals surface area contributed by atoms with E-state index in [1.165, 1.54) is 17.7 Å². The SMILES string of the molecule is Fc1ccc(-c2cnn(-c3[c-]cccc3)c2)c(-c2cc(-c3ccccc3-c3ccc(-c4[c-]ccc(-c5ccc(-c6ccccc6)cc5)c4)nc3)cc(-c3cc(F)ccc3-c3cnn(-c4[c-]cccc4)c3)c2)c1.[Ir+3]. The van der Waals surface area contributed by atoms with Gasteiger partial charge in [-0.2, -0.15) is 58.7 Å². The number of hydrogen-bond acceptors (Lipinski definition) is 3. The van der Waals surface area contributed by atoms with Crippen molar-refractivity contribution in [3.63, 3.8) is 0 Å². The van der Waals surface area contributed by atoms with E-state index in [1.807, 2.05) is 104 Å². The maximum absolute atomic E-state index is 15.7. The van der Waals surface area contributed by atoms with Crippen LogP contribution in [0.3, 0.4) is 0 Å². The van der Waals surface area contributed by atoms with E-state index in [9.17, 15) is 0 Å². The zero-order valence-corrected chi connectivity index (χ0v) is 41.3. The first-order valence-electron chi connectivity index (χ1n) is 23.5. The van der Waals surface area contributed by atoms with Crippen LogP contribution in [0.4, 0.5) is 8.78 Å². The summed E-state index contributed by atoms with van der Waals surface area (Å²) in [6.07, 6.45) is 9.29. The van der Waals surface area contributed by atoms with Gasteiger partial charge in [-0.15, -0.1) is 47.5 Å². The van der Waals surface area contributed by atoms with Crippen LogP contribution < -0.4 is 0 Å². The molecule has 0 aliphatic rings. The van der Waals surface area contributed by atoms with E-state index in [1.54, 1.807) is 46.0 Å². The molecule has 5 nitrogen and oxygen atoms in total. The van der Waals surface area contributed by atoms with Gasteiger partial charge in [-0.3, -0.25) is 9.36 Å². The first-order valence-corrected chi connectivity index (χ1v) is 23.5. The predicted octanol–water partition coefficient (Wildman–Crippen LogP) is 16.1. The van der Waals surface area contributed by atoms with Gasteiger partial charge >= 0.3 is 20.1 Å². The van der Waals surface area contributed by atoms with Crippen LogP contribution in [-0.4, -0.2) is 24.5 Å². The first kappa shape index (κ1) is 46.4. The van der Waals surface area contributed by atoms with Crippen LogP contribution in [0.5, 0.6) is 0 Å². The number of rotatable bonds is 11. The minimum atomic E-state index is -0.392. The van der Waals surface area contributed by atoms with Gasteiger partial charge in [0, 0.05) is 29.7 Å². The number of halogens is 2. The number of benzene rings is 9. The second-order valence-corrected chi connectivity index (χ2v) is 17.4. The van der Waals surface area contributed by atoms with E-state index in [0.29, 0.717) is 11.1 Å². The molecule has 0 spiro atoms. The summed E-state index contributed by atoms with van der Waals surface area (Å²) in [6, 6.07) is 78.2. The molecule has 0 aliphatic heterocycles. The molecule has 0 saturated carbocycles. The van der Waals surface area contributed by atoms with Crippen LogP contribution in [0.15, 0.2) is 243 Å². The summed E-state index contributed by atoms with van der Waals surface area (Å²) >= 11 is 0. The summed E-state index contributed by atoms with van der Waals surface area (Å²) in [5.74, 6) is -0.784. The minimum absolute atomic E-state index is 0. The van der Waals surface area contributed by atoms with Crippen molar-refractivity contribution in [1.29, 1.82) is 0 Å². The Labute approximate surface area is 435 Å². The zero-order chi connectivity index (χ0) is 48.4. The summed E-state index contributed by atoms with van der Waals surface area (Å²) in [5, 5.41) is 9.32. The Morgan fingerprint density at radius 2 is 0.808 bits per heavy atom. The van der Waals surface area contributed by atoms with E-state index in [-0.39, 0.29) is 20.1 Å². The summed E-state index contributed by atoms with van der Waals surface area (Å²) < 4.78 is 34.9. The number of nitrogens with zero attached hydrogens (tertiary/aromatic N) is 5. The van der Waals surface area contributed by atoms with Gasteiger partial charge in [-0.05, 0) is 132 Å². The number of pyridine rings is 1. The normalized spacial score (nSPS) is 11.0. The molecule has 3 heterocycles. The third kappa shape index (κ3) is 9.65. The van der Waals surface area contributed by atoms with E-state index < -0.39 is 11.6 Å². The van der Waals surface area contributed by atoms with Gasteiger partial charge in [0.1, 0.15) is 11.6 Å². The number of aromatic nitrogens is 5. The predicted molar refractivity (Wildman–Crippen MR) is 284 cm³/mol. The molecule has 0 aliphatic carbocycles. The van der Waals surface area contributed by atoms with Crippen LogP contribution in [-0.2, 0) is 20.1 Å². The third-order valence-corrected chi connectivity index (χ3v) is 12.9. The molecule has 0 atom stereocenters. The van der Waals surface area contributed by atoms with Crippen LogP contribution >= 0.6 is 0 Å². The van der Waals surface area contributed by atoms with Crippen molar-refractivity contribution in [2.24, 2.45) is 0 Å². The van der Waals surface area contributed by atoms with E-state index in [4.69, 9.17) is 4.98 Å². The van der Waals surface area contributed by atoms with Crippen LogP contribution in [0.1, 0.15) is 0 Å². The average Bonchev–Trinajstić information content (AvgIpc) is 4.16. The summed E-state index contributed by atoms with van der Waals surface area (Å²) in [6.45, 7) is 0. The molecule has 3 aromatic heterocycles. The van der Waals surface area contributed by atoms with Crippen molar-refractivity contribution in [3.05, 3.63) is 273 Å². The molecule has 0 amide bonds. The van der Waals surface area contributed by atoms with E-state index >= 15 is 8.78 Å². The molecule has 12 aromatic rings. The molecule has 348 valence electrons. The summed E-state index contributed by atoms with van der Waals surface area (Å²) in [4.78, 5) is 5.00. The Morgan fingerprint density at radius 3 is 1.34 bits per heavy atom. The first-order chi connectivity index (χ1) is 35.5. The van der Waals surface area contributed by atoms with Crippen LogP contribution in [0, 0.1) is 29.8 Å². The van der Waals surface area contributed by atoms with Crippen molar-refractivity contribution < 1.29 is 28.9 Å². The quantitative estimate of drug-likeness (QED) is 0.121. The maximum Gasteiger partial charge on any atom is 3.00 e. The molecule has 0 fully saturated rings. The van der Waals surface area contributed by atoms with Gasteiger partial charge in [0.05, 0.1) is 12.4 Å². The maximum atomic E-state index is 15.7. The molecule has 8 heteroatoms. The Morgan fingerprint density at radius 1 is 0.329 bits per heavy atom. The topological polar surface area (TPSA) is 48.5 Å². The minimum Gasteiger partial charge on any atom is -0.304 e. The molecule has 0 bridgehead atoms. The zero-order valence-electron chi connectivity index (χ0n) is 38.9. The van der Waals surface area contributed by atoms with Gasteiger partial charge in [0.15, 0.2) is 0 Å². The molecular weight excluding hydrogens is 1080 g/mol. The second kappa shape index (κ2) is 20.4. The van der Waals surface area contributed by atoms with E-state index in [0.717, 1.165) is 95.0 Å². The van der Waals surface area contributed by atoms with Gasteiger partial charge in [0.2, 0.25) is 0 Å². The number of para-hydroxylation sites is 2. The Balaban J connectivity index is 0.00000574. The van der Waals surface area contributed by atoms with Crippen LogP contribution in [0.25, 0.3) is 112 Å². The largest absolute Gasteiger partial charge is 3.00 e. The fourth-order valence-electron chi connectivity index (χ4n) is 9.33. The van der Waals surface area contributed by atoms with Gasteiger partial charge in [-0.25, -0.2) is 8.78 Å². The fraction of sp³-hybridized carbons (Fsp3) is 0. The van der Waals surface area contributed by atoms with Crippen molar-refractivity contribution in [1.82, 2.24) is 24.5 Å². The monoisotopic (exact) mass is 1120 g/mol. The molecule has 73 heavy (non-hydrogen) atoms. The van der Waals surface area contributed by atoms with Gasteiger partial charge in [0.25, 0.3) is 0 Å². The van der Waals surface area contributed by atoms with E-state index in [2.05, 4.69) is 119 Å². The van der Waals surface area contributed by atoms with Crippen molar-refractivity contribution in [2.45, 2.75) is 0 Å². The molecule has 0 radical (unpaired) electrons. The van der Waals surface area contributed by atoms with Gasteiger partial charge < -0.3 is 4.98 Å². The molecule has 0 saturated heterocycles. The standard InChI is InChI=1S/C65H40F2N5.Ir/c66-55-28-30-61(53-40-69-71(42-53)57-17-6-2-7-18-57)63(37-55)51-34-50(35-52(36-51)64-38-56(67)29-31-62(64)54-41-70-72(43-54)58-19-8-3-9-20-58)60-22-11-10-21-59(60)49-27-32-65(68-39-49)48-16-12-15-47(33-48)46-25-23-45(24-26-46)44-13-4-1-5-14-44;/h1-15,17,19,21-43H;/q-3;+3. The average molecular weight is 1120 g/mol. The summed E-state index contributed by atoms with van der Waals surface area (Å²) in [7, 11) is 0. The number of hydrogen-bond donors (Lipinski definition) is 0. The molecule has 0 N–H and O–H groups in total. The molecule has 12 rings (SSSR count). The van der Waals surface area contributed by atoms with Crippen LogP contribution in [0.2, 0.25) is 0 Å². The van der Waals surface area contributed by atoms with Gasteiger partial charge in [-0.1, -0.05) is 103 Å². The smallest absolute Gasteiger partial charge is 0.304 e. The van der Waals surface area contributed by atoms with Crippen molar-refractivity contribution in [2.75, 3.05) is 0 Å². The Bertz CT molecular complexity index is 3730. The Kier molecular flexibility index (Phi) is 13.0.